The zero-order valence-electron chi connectivity index (χ0n) is 16.6. The molecule has 3 aliphatic heterocycles. The predicted octanol–water partition coefficient (Wildman–Crippen LogP) is 1.97. The van der Waals surface area contributed by atoms with Gasteiger partial charge in [0.25, 0.3) is 0 Å². The number of carbonyl (C=O) groups excluding carboxylic acids is 2. The highest BCUT2D eigenvalue weighted by Crippen LogP contribution is 2.45. The van der Waals surface area contributed by atoms with Crippen LogP contribution in [0.15, 0.2) is 47.6 Å². The van der Waals surface area contributed by atoms with Crippen molar-refractivity contribution in [3.8, 4) is 0 Å². The van der Waals surface area contributed by atoms with Crippen molar-refractivity contribution in [3.63, 3.8) is 0 Å². The molecule has 152 valence electrons. The zero-order chi connectivity index (χ0) is 20.7. The first-order chi connectivity index (χ1) is 13.2. The Bertz CT molecular complexity index is 793. The average Bonchev–Trinajstić information content (AvgIpc) is 3.16. The van der Waals surface area contributed by atoms with Gasteiger partial charge < -0.3 is 24.1 Å². The number of fused-ring (bicyclic) bond motifs is 3. The van der Waals surface area contributed by atoms with Gasteiger partial charge in [0.05, 0.1) is 18.1 Å². The van der Waals surface area contributed by atoms with E-state index in [9.17, 15) is 14.7 Å². The molecule has 0 aromatic rings. The second-order valence-corrected chi connectivity index (χ2v) is 7.51. The second kappa shape index (κ2) is 7.31. The molecule has 0 aromatic heterocycles. The highest BCUT2D eigenvalue weighted by Gasteiger charge is 2.53. The zero-order valence-corrected chi connectivity index (χ0v) is 16.6. The highest BCUT2D eigenvalue weighted by atomic mass is 16.7. The predicted molar refractivity (Wildman–Crippen MR) is 100.0 cm³/mol. The first kappa shape index (κ1) is 20.5. The number of carbonyl (C=O) groups is 2. The van der Waals surface area contributed by atoms with E-state index in [1.165, 1.54) is 7.11 Å². The third-order valence-electron chi connectivity index (χ3n) is 5.61. The Balaban J connectivity index is 2.09. The maximum Gasteiger partial charge on any atom is 0.334 e. The van der Waals surface area contributed by atoms with Crippen LogP contribution in [0.3, 0.4) is 0 Å². The number of aliphatic hydroxyl groups is 1. The summed E-state index contributed by atoms with van der Waals surface area (Å²) in [5, 5.41) is 9.95. The van der Waals surface area contributed by atoms with E-state index < -0.39 is 41.5 Å². The van der Waals surface area contributed by atoms with Crippen molar-refractivity contribution < 1.29 is 33.6 Å². The van der Waals surface area contributed by atoms with Crippen LogP contribution in [0.5, 0.6) is 0 Å². The minimum absolute atomic E-state index is 0.228. The van der Waals surface area contributed by atoms with Crippen LogP contribution in [-0.4, -0.2) is 54.4 Å². The first-order valence-corrected chi connectivity index (χ1v) is 9.20. The van der Waals surface area contributed by atoms with E-state index in [1.54, 1.807) is 32.1 Å². The molecule has 0 radical (unpaired) electrons. The smallest absolute Gasteiger partial charge is 0.334 e. The van der Waals surface area contributed by atoms with Crippen molar-refractivity contribution in [1.82, 2.24) is 0 Å². The van der Waals surface area contributed by atoms with Gasteiger partial charge in [-0.1, -0.05) is 18.7 Å². The van der Waals surface area contributed by atoms with Crippen LogP contribution in [0.4, 0.5) is 0 Å². The van der Waals surface area contributed by atoms with Crippen LogP contribution in [0.25, 0.3) is 0 Å². The summed E-state index contributed by atoms with van der Waals surface area (Å²) in [4.78, 5) is 24.7. The van der Waals surface area contributed by atoms with Gasteiger partial charge in [-0.05, 0) is 32.9 Å². The fourth-order valence-electron chi connectivity index (χ4n) is 3.87. The summed E-state index contributed by atoms with van der Waals surface area (Å²) < 4.78 is 23.0. The molecule has 7 heteroatoms. The topological polar surface area (TPSA) is 91.3 Å². The SMILES string of the molecule is C=C1C(=O)OC2C=C(CO)C3(OC)C=CC(C)(CC(OC(=O)C(C)=CC)C12)O3. The molecule has 0 saturated carbocycles. The van der Waals surface area contributed by atoms with Crippen molar-refractivity contribution in [1.29, 1.82) is 0 Å². The van der Waals surface area contributed by atoms with E-state index in [-0.39, 0.29) is 18.6 Å². The Hall–Kier alpha value is -2.22. The van der Waals surface area contributed by atoms with Gasteiger partial charge in [-0.2, -0.15) is 0 Å². The minimum atomic E-state index is -1.28. The Morgan fingerprint density at radius 2 is 2.18 bits per heavy atom. The normalized spacial score (nSPS) is 37.5. The number of esters is 2. The minimum Gasteiger partial charge on any atom is -0.458 e. The molecule has 3 heterocycles. The summed E-state index contributed by atoms with van der Waals surface area (Å²) in [5.41, 5.74) is 0.244. The largest absolute Gasteiger partial charge is 0.458 e. The van der Waals surface area contributed by atoms with Crippen LogP contribution >= 0.6 is 0 Å². The number of hydrogen-bond acceptors (Lipinski definition) is 7. The number of allylic oxidation sites excluding steroid dienone is 1. The quantitative estimate of drug-likeness (QED) is 0.446. The van der Waals surface area contributed by atoms with Gasteiger partial charge in [-0.3, -0.25) is 0 Å². The van der Waals surface area contributed by atoms with Crippen molar-refractivity contribution in [3.05, 3.63) is 47.6 Å². The molecule has 2 bridgehead atoms. The number of rotatable bonds is 4. The Morgan fingerprint density at radius 3 is 2.79 bits per heavy atom. The molecule has 0 aromatic carbocycles. The molecule has 3 rings (SSSR count). The fourth-order valence-corrected chi connectivity index (χ4v) is 3.87. The Kier molecular flexibility index (Phi) is 5.36. The van der Waals surface area contributed by atoms with Crippen molar-refractivity contribution in [2.45, 2.75) is 50.8 Å². The number of hydrogen-bond donors (Lipinski definition) is 1. The molecule has 1 saturated heterocycles. The van der Waals surface area contributed by atoms with Crippen molar-refractivity contribution in [2.24, 2.45) is 5.92 Å². The molecule has 5 unspecified atom stereocenters. The van der Waals surface area contributed by atoms with Crippen LogP contribution < -0.4 is 0 Å². The molecule has 1 fully saturated rings. The van der Waals surface area contributed by atoms with Crippen LogP contribution in [0.1, 0.15) is 27.2 Å². The van der Waals surface area contributed by atoms with Gasteiger partial charge in [0.15, 0.2) is 0 Å². The van der Waals surface area contributed by atoms with Gasteiger partial charge >= 0.3 is 11.9 Å². The van der Waals surface area contributed by atoms with Crippen LogP contribution in [0, 0.1) is 5.92 Å². The molecule has 5 atom stereocenters. The molecule has 28 heavy (non-hydrogen) atoms. The number of ether oxygens (including phenoxy) is 4. The van der Waals surface area contributed by atoms with Gasteiger partial charge in [0.2, 0.25) is 5.79 Å². The summed E-state index contributed by atoms with van der Waals surface area (Å²) >= 11 is 0. The molecule has 0 aliphatic carbocycles. The maximum absolute atomic E-state index is 12.5. The average molecular weight is 390 g/mol. The second-order valence-electron chi connectivity index (χ2n) is 7.51. The summed E-state index contributed by atoms with van der Waals surface area (Å²) in [6, 6.07) is 0. The summed E-state index contributed by atoms with van der Waals surface area (Å²) in [7, 11) is 1.47. The van der Waals surface area contributed by atoms with Gasteiger partial charge in [0.1, 0.15) is 12.2 Å². The lowest BCUT2D eigenvalue weighted by atomic mass is 9.83. The lowest BCUT2D eigenvalue weighted by Gasteiger charge is -2.35. The van der Waals surface area contributed by atoms with Gasteiger partial charge in [-0.15, -0.1) is 0 Å². The van der Waals surface area contributed by atoms with E-state index >= 15 is 0 Å². The molecular weight excluding hydrogens is 364 g/mol. The van der Waals surface area contributed by atoms with Crippen LogP contribution in [-0.2, 0) is 28.5 Å². The summed E-state index contributed by atoms with van der Waals surface area (Å²) in [5.74, 6) is -2.90. The van der Waals surface area contributed by atoms with Crippen molar-refractivity contribution >= 4 is 11.9 Å². The van der Waals surface area contributed by atoms with E-state index in [2.05, 4.69) is 6.58 Å². The lowest BCUT2D eigenvalue weighted by Crippen LogP contribution is -2.42. The standard InChI is InChI=1S/C21H26O7/c1-6-12(2)18(23)27-16-10-20(4)7-8-21(25-5,28-20)14(11-22)9-15-17(16)13(3)19(24)26-15/h6-9,15-17,22H,3,10-11H2,1-2,4-5H3. The monoisotopic (exact) mass is 390 g/mol. The highest BCUT2D eigenvalue weighted by molar-refractivity contribution is 5.92. The van der Waals surface area contributed by atoms with E-state index in [4.69, 9.17) is 18.9 Å². The van der Waals surface area contributed by atoms with Gasteiger partial charge in [-0.25, -0.2) is 9.59 Å². The maximum atomic E-state index is 12.5. The summed E-state index contributed by atoms with van der Waals surface area (Å²) in [6.45, 7) is 8.74. The van der Waals surface area contributed by atoms with Crippen molar-refractivity contribution in [2.75, 3.05) is 13.7 Å². The third kappa shape index (κ3) is 3.34. The molecule has 0 spiro atoms. The third-order valence-corrected chi connectivity index (χ3v) is 5.61. The summed E-state index contributed by atoms with van der Waals surface area (Å²) in [6.07, 6.45) is 5.60. The molecule has 1 N–H and O–H groups in total. The fraction of sp³-hybridized carbons (Fsp3) is 0.524. The van der Waals surface area contributed by atoms with Gasteiger partial charge in [0, 0.05) is 30.2 Å². The number of aliphatic hydroxyl groups excluding tert-OH is 1. The molecule has 0 amide bonds. The van der Waals surface area contributed by atoms with E-state index in [1.807, 2.05) is 13.0 Å². The Morgan fingerprint density at radius 1 is 1.46 bits per heavy atom. The first-order valence-electron chi connectivity index (χ1n) is 9.20. The van der Waals surface area contributed by atoms with E-state index in [0.29, 0.717) is 11.1 Å². The van der Waals surface area contributed by atoms with Crippen LogP contribution in [0.2, 0.25) is 0 Å². The van der Waals surface area contributed by atoms with E-state index in [0.717, 1.165) is 0 Å². The lowest BCUT2D eigenvalue weighted by molar-refractivity contribution is -0.206. The molecule has 7 nitrogen and oxygen atoms in total. The Labute approximate surface area is 164 Å². The number of methoxy groups -OCH3 is 1. The molecular formula is C21H26O7. The molecule has 3 aliphatic rings.